The molecular weight excluding hydrogens is 505 g/mol. The van der Waals surface area contributed by atoms with Crippen LogP contribution in [0.1, 0.15) is 45.8 Å². The van der Waals surface area contributed by atoms with Crippen molar-refractivity contribution in [2.45, 2.75) is 37.0 Å². The quantitative estimate of drug-likeness (QED) is 0.382. The minimum atomic E-state index is -4.46. The van der Waals surface area contributed by atoms with Gasteiger partial charge in [-0.2, -0.15) is 13.2 Å². The first-order valence-electron chi connectivity index (χ1n) is 13.1. The third-order valence-electron chi connectivity index (χ3n) is 7.04. The molecule has 0 radical (unpaired) electrons. The molecule has 9 heteroatoms. The molecule has 2 amide bonds. The highest BCUT2D eigenvalue weighted by atomic mass is 19.4. The Morgan fingerprint density at radius 1 is 0.974 bits per heavy atom. The van der Waals surface area contributed by atoms with Gasteiger partial charge in [0, 0.05) is 37.2 Å². The maximum atomic E-state index is 13.6. The molecule has 1 saturated heterocycles. The maximum Gasteiger partial charge on any atom is 0.416 e. The van der Waals surface area contributed by atoms with Crippen LogP contribution in [0.4, 0.5) is 13.2 Å². The predicted octanol–water partition coefficient (Wildman–Crippen LogP) is 4.18. The zero-order valence-corrected chi connectivity index (χ0v) is 21.5. The molecule has 1 aliphatic heterocycles. The molecule has 3 aromatic rings. The summed E-state index contributed by atoms with van der Waals surface area (Å²) >= 11 is 0. The van der Waals surface area contributed by atoms with E-state index in [1.165, 1.54) is 0 Å². The highest BCUT2D eigenvalue weighted by Gasteiger charge is 2.33. The van der Waals surface area contributed by atoms with Gasteiger partial charge in [0.15, 0.2) is 0 Å². The number of rotatable bonds is 9. The first-order chi connectivity index (χ1) is 18.8. The first kappa shape index (κ1) is 28.3. The smallest absolute Gasteiger partial charge is 0.350 e. The molecule has 206 valence electrons. The van der Waals surface area contributed by atoms with E-state index < -0.39 is 23.7 Å². The van der Waals surface area contributed by atoms with Gasteiger partial charge < -0.3 is 21.3 Å². The highest BCUT2D eigenvalue weighted by Crippen LogP contribution is 2.29. The summed E-state index contributed by atoms with van der Waals surface area (Å²) in [7, 11) is 0. The van der Waals surface area contributed by atoms with Crippen molar-refractivity contribution < 1.29 is 22.8 Å². The highest BCUT2D eigenvalue weighted by molar-refractivity contribution is 5.94. The van der Waals surface area contributed by atoms with Crippen molar-refractivity contribution in [2.24, 2.45) is 5.73 Å². The lowest BCUT2D eigenvalue weighted by Crippen LogP contribution is -2.49. The summed E-state index contributed by atoms with van der Waals surface area (Å²) in [6, 6.07) is 23.5. The van der Waals surface area contributed by atoms with E-state index in [4.69, 9.17) is 5.73 Å². The van der Waals surface area contributed by atoms with Crippen LogP contribution in [0.2, 0.25) is 0 Å². The monoisotopic (exact) mass is 538 g/mol. The van der Waals surface area contributed by atoms with Gasteiger partial charge in [-0.15, -0.1) is 0 Å². The Balaban J connectivity index is 1.45. The molecule has 39 heavy (non-hydrogen) atoms. The zero-order valence-electron chi connectivity index (χ0n) is 21.5. The Morgan fingerprint density at radius 2 is 1.56 bits per heavy atom. The number of nitrogens with one attached hydrogen (secondary N) is 2. The van der Waals surface area contributed by atoms with Crippen molar-refractivity contribution in [1.29, 1.82) is 0 Å². The Kier molecular flexibility index (Phi) is 9.37. The fraction of sp³-hybridized carbons (Fsp3) is 0.333. The van der Waals surface area contributed by atoms with Crippen LogP contribution in [0.25, 0.3) is 0 Å². The van der Waals surface area contributed by atoms with E-state index in [0.29, 0.717) is 32.5 Å². The predicted molar refractivity (Wildman–Crippen MR) is 144 cm³/mol. The van der Waals surface area contributed by atoms with Crippen LogP contribution >= 0.6 is 0 Å². The van der Waals surface area contributed by atoms with Crippen molar-refractivity contribution in [2.75, 3.05) is 26.2 Å². The molecule has 2 atom stereocenters. The molecule has 0 aliphatic carbocycles. The van der Waals surface area contributed by atoms with Crippen LogP contribution in [-0.4, -0.2) is 55.0 Å². The average Bonchev–Trinajstić information content (AvgIpc) is 3.09. The second kappa shape index (κ2) is 12.9. The van der Waals surface area contributed by atoms with Crippen LogP contribution in [-0.2, 0) is 11.0 Å². The van der Waals surface area contributed by atoms with Gasteiger partial charge in [0.2, 0.25) is 5.91 Å². The summed E-state index contributed by atoms with van der Waals surface area (Å²) in [4.78, 5) is 28.1. The summed E-state index contributed by atoms with van der Waals surface area (Å²) in [5.41, 5.74) is 7.39. The van der Waals surface area contributed by atoms with E-state index in [9.17, 15) is 22.8 Å². The molecule has 1 aliphatic rings. The lowest BCUT2D eigenvalue weighted by molar-refractivity contribution is -0.137. The zero-order chi connectivity index (χ0) is 27.8. The first-order valence-corrected chi connectivity index (χ1v) is 13.1. The van der Waals surface area contributed by atoms with Crippen LogP contribution in [0.5, 0.6) is 0 Å². The Morgan fingerprint density at radius 3 is 2.10 bits per heavy atom. The number of nitrogens with zero attached hydrogens (tertiary/aromatic N) is 1. The normalized spacial score (nSPS) is 18.2. The van der Waals surface area contributed by atoms with E-state index in [1.54, 1.807) is 0 Å². The minimum absolute atomic E-state index is 0.00852. The molecule has 0 bridgehead atoms. The van der Waals surface area contributed by atoms with Gasteiger partial charge >= 0.3 is 6.18 Å². The number of carbonyl (C=O) groups excluding carboxylic acids is 2. The molecular formula is C30H33F3N4O2. The fourth-order valence-corrected chi connectivity index (χ4v) is 4.92. The fourth-order valence-electron chi connectivity index (χ4n) is 4.92. The topological polar surface area (TPSA) is 87.5 Å². The summed E-state index contributed by atoms with van der Waals surface area (Å²) in [6.45, 7) is 1.54. The molecule has 1 fully saturated rings. The molecule has 3 aromatic carbocycles. The largest absolute Gasteiger partial charge is 0.416 e. The molecule has 4 N–H and O–H groups in total. The van der Waals surface area contributed by atoms with Gasteiger partial charge in [-0.25, -0.2) is 0 Å². The van der Waals surface area contributed by atoms with E-state index in [1.807, 2.05) is 41.3 Å². The molecule has 1 heterocycles. The number of amides is 2. The third-order valence-corrected chi connectivity index (χ3v) is 7.04. The summed E-state index contributed by atoms with van der Waals surface area (Å²) in [5, 5.41) is 6.15. The number of carbonyl (C=O) groups is 2. The standard InChI is InChI=1S/C30H33F3N4O2/c31-30(32,33)24-13-11-23(12-14-24)28(38)35-19-25-16-18-37(29(39)27(36-25)15-17-34)20-26(21-7-3-1-4-8-21)22-9-5-2-6-10-22/h1-14,25-27,36H,15-20,34H2,(H,35,38). The average molecular weight is 539 g/mol. The number of alkyl halides is 3. The van der Waals surface area contributed by atoms with Gasteiger partial charge in [-0.3, -0.25) is 9.59 Å². The molecule has 2 unspecified atom stereocenters. The van der Waals surface area contributed by atoms with E-state index in [2.05, 4.69) is 34.9 Å². The Labute approximate surface area is 226 Å². The minimum Gasteiger partial charge on any atom is -0.350 e. The van der Waals surface area contributed by atoms with Crippen LogP contribution in [0, 0.1) is 0 Å². The second-order valence-electron chi connectivity index (χ2n) is 9.73. The number of benzene rings is 3. The maximum absolute atomic E-state index is 13.6. The lowest BCUT2D eigenvalue weighted by Gasteiger charge is -2.29. The Bertz CT molecular complexity index is 1180. The van der Waals surface area contributed by atoms with E-state index in [-0.39, 0.29) is 30.0 Å². The third kappa shape index (κ3) is 7.46. The van der Waals surface area contributed by atoms with Crippen LogP contribution < -0.4 is 16.4 Å². The number of nitrogens with two attached hydrogens (primary N) is 1. The molecule has 4 rings (SSSR count). The molecule has 0 aromatic heterocycles. The number of hydrogen-bond donors (Lipinski definition) is 3. The SMILES string of the molecule is NCCC1NC(CNC(=O)c2ccc(C(F)(F)F)cc2)CCN(CC(c2ccccc2)c2ccccc2)C1=O. The summed E-state index contributed by atoms with van der Waals surface area (Å²) in [6.07, 6.45) is -3.42. The summed E-state index contributed by atoms with van der Waals surface area (Å²) in [5.74, 6) is -0.513. The number of hydrogen-bond acceptors (Lipinski definition) is 4. The van der Waals surface area contributed by atoms with Crippen LogP contribution in [0.15, 0.2) is 84.9 Å². The van der Waals surface area contributed by atoms with Crippen molar-refractivity contribution in [1.82, 2.24) is 15.5 Å². The number of halogens is 3. The molecule has 6 nitrogen and oxygen atoms in total. The lowest BCUT2D eigenvalue weighted by atomic mass is 9.90. The van der Waals surface area contributed by atoms with Crippen molar-refractivity contribution in [3.63, 3.8) is 0 Å². The van der Waals surface area contributed by atoms with Crippen molar-refractivity contribution in [3.8, 4) is 0 Å². The Hall–Kier alpha value is -3.69. The van der Waals surface area contributed by atoms with Crippen molar-refractivity contribution in [3.05, 3.63) is 107 Å². The summed E-state index contributed by atoms with van der Waals surface area (Å²) < 4.78 is 38.5. The molecule has 0 spiro atoms. The van der Waals surface area contributed by atoms with E-state index in [0.717, 1.165) is 35.4 Å². The van der Waals surface area contributed by atoms with Gasteiger partial charge in [-0.1, -0.05) is 60.7 Å². The van der Waals surface area contributed by atoms with Gasteiger partial charge in [0.1, 0.15) is 0 Å². The van der Waals surface area contributed by atoms with E-state index >= 15 is 0 Å². The van der Waals surface area contributed by atoms with Gasteiger partial charge in [0.05, 0.1) is 11.6 Å². The van der Waals surface area contributed by atoms with Gasteiger partial charge in [-0.05, 0) is 54.8 Å². The van der Waals surface area contributed by atoms with Crippen LogP contribution in [0.3, 0.4) is 0 Å². The molecule has 0 saturated carbocycles. The van der Waals surface area contributed by atoms with Crippen molar-refractivity contribution >= 4 is 11.8 Å². The van der Waals surface area contributed by atoms with Gasteiger partial charge in [0.25, 0.3) is 5.91 Å². The second-order valence-corrected chi connectivity index (χ2v) is 9.73.